The highest BCUT2D eigenvalue weighted by atomic mass is 35.5. The van der Waals surface area contributed by atoms with Crippen LogP contribution in [0, 0.1) is 5.92 Å². The van der Waals surface area contributed by atoms with Crippen molar-refractivity contribution in [3.63, 3.8) is 0 Å². The molecule has 3 rings (SSSR count). The fraction of sp³-hybridized carbons (Fsp3) is 0.381. The summed E-state index contributed by atoms with van der Waals surface area (Å²) in [6, 6.07) is 16.1. The maximum atomic E-state index is 6.21. The average Bonchev–Trinajstić information content (AvgIpc) is 3.18. The van der Waals surface area contributed by atoms with E-state index in [0.29, 0.717) is 12.5 Å². The molecule has 27 heavy (non-hydrogen) atoms. The van der Waals surface area contributed by atoms with Crippen molar-refractivity contribution in [3.8, 4) is 5.75 Å². The lowest BCUT2D eigenvalue weighted by molar-refractivity contribution is 0.414. The number of methoxy groups -OCH3 is 1. The minimum absolute atomic E-state index is 0.564. The molecule has 1 aliphatic heterocycles. The van der Waals surface area contributed by atoms with E-state index in [1.54, 1.807) is 14.2 Å². The van der Waals surface area contributed by atoms with Gasteiger partial charge in [-0.25, -0.2) is 0 Å². The van der Waals surface area contributed by atoms with Crippen molar-refractivity contribution in [1.29, 1.82) is 0 Å². The van der Waals surface area contributed by atoms with Crippen LogP contribution in [0.1, 0.15) is 12.0 Å². The molecule has 1 unspecified atom stereocenters. The average molecular weight is 387 g/mol. The quantitative estimate of drug-likeness (QED) is 0.589. The van der Waals surface area contributed by atoms with E-state index < -0.39 is 0 Å². The second-order valence-electron chi connectivity index (χ2n) is 6.67. The van der Waals surface area contributed by atoms with E-state index in [2.05, 4.69) is 32.7 Å². The molecule has 2 N–H and O–H groups in total. The van der Waals surface area contributed by atoms with Crippen molar-refractivity contribution in [1.82, 2.24) is 10.6 Å². The molecule has 0 saturated carbocycles. The molecule has 1 fully saturated rings. The summed E-state index contributed by atoms with van der Waals surface area (Å²) in [4.78, 5) is 6.71. The molecular formula is C21H27ClN4O. The fourth-order valence-electron chi connectivity index (χ4n) is 3.39. The molecule has 0 spiro atoms. The first kappa shape index (κ1) is 19.4. The molecule has 0 amide bonds. The van der Waals surface area contributed by atoms with Crippen LogP contribution in [0.2, 0.25) is 5.02 Å². The molecule has 1 aliphatic rings. The largest absolute Gasteiger partial charge is 0.495 e. The van der Waals surface area contributed by atoms with Gasteiger partial charge in [0, 0.05) is 38.2 Å². The van der Waals surface area contributed by atoms with Gasteiger partial charge in [0.05, 0.1) is 12.8 Å². The third-order valence-corrected chi connectivity index (χ3v) is 5.27. The van der Waals surface area contributed by atoms with Crippen molar-refractivity contribution in [2.24, 2.45) is 10.9 Å². The van der Waals surface area contributed by atoms with Gasteiger partial charge in [-0.1, -0.05) is 41.9 Å². The number of nitrogens with zero attached hydrogens (tertiary/aromatic N) is 2. The fourth-order valence-corrected chi connectivity index (χ4v) is 3.59. The van der Waals surface area contributed by atoms with Gasteiger partial charge in [-0.05, 0) is 36.1 Å². The molecule has 6 heteroatoms. The standard InChI is InChI=1S/C21H27ClN4O/c1-23-21(25-14-17-7-3-4-8-18(17)22)24-13-16-11-12-26(15-16)19-9-5-6-10-20(19)27-2/h3-10,16H,11-15H2,1-2H3,(H2,23,24,25). The van der Waals surface area contributed by atoms with Crippen molar-refractivity contribution < 1.29 is 4.74 Å². The Morgan fingerprint density at radius 3 is 2.74 bits per heavy atom. The summed E-state index contributed by atoms with van der Waals surface area (Å²) >= 11 is 6.21. The van der Waals surface area contributed by atoms with Gasteiger partial charge in [0.25, 0.3) is 0 Å². The molecule has 2 aromatic rings. The van der Waals surface area contributed by atoms with Crippen LogP contribution in [0.5, 0.6) is 5.75 Å². The number of benzene rings is 2. The molecule has 0 radical (unpaired) electrons. The SMILES string of the molecule is CN=C(NCc1ccccc1Cl)NCC1CCN(c2ccccc2OC)C1. The molecule has 0 aromatic heterocycles. The molecule has 1 atom stereocenters. The number of halogens is 1. The van der Waals surface area contributed by atoms with Crippen molar-refractivity contribution in [3.05, 3.63) is 59.1 Å². The first-order chi connectivity index (χ1) is 13.2. The first-order valence-electron chi connectivity index (χ1n) is 9.27. The number of aliphatic imine (C=N–C) groups is 1. The summed E-state index contributed by atoms with van der Waals surface area (Å²) in [5.74, 6) is 2.29. The first-order valence-corrected chi connectivity index (χ1v) is 9.65. The molecule has 2 aromatic carbocycles. The predicted molar refractivity (Wildman–Crippen MR) is 113 cm³/mol. The third-order valence-electron chi connectivity index (χ3n) is 4.90. The third kappa shape index (κ3) is 5.07. The highest BCUT2D eigenvalue weighted by Crippen LogP contribution is 2.31. The van der Waals surface area contributed by atoms with Crippen LogP contribution in [0.25, 0.3) is 0 Å². The summed E-state index contributed by atoms with van der Waals surface area (Å²) in [6.45, 7) is 3.58. The zero-order chi connectivity index (χ0) is 19.1. The Hall–Kier alpha value is -2.40. The molecular weight excluding hydrogens is 360 g/mol. The number of hydrogen-bond acceptors (Lipinski definition) is 3. The Balaban J connectivity index is 1.49. The second-order valence-corrected chi connectivity index (χ2v) is 7.08. The lowest BCUT2D eigenvalue weighted by Crippen LogP contribution is -2.40. The molecule has 144 valence electrons. The Kier molecular flexibility index (Phi) is 6.82. The van der Waals surface area contributed by atoms with Gasteiger partial charge in [-0.2, -0.15) is 0 Å². The van der Waals surface area contributed by atoms with E-state index in [1.165, 1.54) is 5.69 Å². The van der Waals surface area contributed by atoms with Crippen LogP contribution < -0.4 is 20.3 Å². The lowest BCUT2D eigenvalue weighted by atomic mass is 10.1. The highest BCUT2D eigenvalue weighted by molar-refractivity contribution is 6.31. The van der Waals surface area contributed by atoms with Crippen LogP contribution in [-0.4, -0.2) is 39.8 Å². The summed E-state index contributed by atoms with van der Waals surface area (Å²) in [5, 5.41) is 7.54. The Morgan fingerprint density at radius 1 is 1.19 bits per heavy atom. The molecule has 1 heterocycles. The Morgan fingerprint density at radius 2 is 1.96 bits per heavy atom. The van der Waals surface area contributed by atoms with Gasteiger partial charge in [-0.3, -0.25) is 4.99 Å². The second kappa shape index (κ2) is 9.51. The van der Waals surface area contributed by atoms with E-state index in [-0.39, 0.29) is 0 Å². The van der Waals surface area contributed by atoms with Crippen molar-refractivity contribution in [2.75, 3.05) is 38.7 Å². The van der Waals surface area contributed by atoms with Gasteiger partial charge < -0.3 is 20.3 Å². The zero-order valence-corrected chi connectivity index (χ0v) is 16.7. The number of nitrogens with one attached hydrogen (secondary N) is 2. The Bertz CT molecular complexity index is 780. The van der Waals surface area contributed by atoms with E-state index in [4.69, 9.17) is 16.3 Å². The van der Waals surface area contributed by atoms with Crippen LogP contribution in [0.3, 0.4) is 0 Å². The topological polar surface area (TPSA) is 48.9 Å². The van der Waals surface area contributed by atoms with Gasteiger partial charge >= 0.3 is 0 Å². The molecule has 5 nitrogen and oxygen atoms in total. The highest BCUT2D eigenvalue weighted by Gasteiger charge is 2.24. The minimum Gasteiger partial charge on any atom is -0.495 e. The van der Waals surface area contributed by atoms with Gasteiger partial charge in [0.2, 0.25) is 0 Å². The summed E-state index contributed by atoms with van der Waals surface area (Å²) < 4.78 is 5.50. The summed E-state index contributed by atoms with van der Waals surface area (Å²) in [5.41, 5.74) is 2.23. The summed E-state index contributed by atoms with van der Waals surface area (Å²) in [6.07, 6.45) is 1.15. The van der Waals surface area contributed by atoms with Gasteiger partial charge in [0.1, 0.15) is 5.75 Å². The lowest BCUT2D eigenvalue weighted by Gasteiger charge is -2.21. The number of rotatable bonds is 6. The number of guanidine groups is 1. The zero-order valence-electron chi connectivity index (χ0n) is 15.9. The maximum Gasteiger partial charge on any atom is 0.191 e. The smallest absolute Gasteiger partial charge is 0.191 e. The Labute approximate surface area is 166 Å². The maximum absolute atomic E-state index is 6.21. The predicted octanol–water partition coefficient (Wildman–Crippen LogP) is 3.54. The number of para-hydroxylation sites is 2. The van der Waals surface area contributed by atoms with E-state index in [1.807, 2.05) is 36.4 Å². The van der Waals surface area contributed by atoms with Crippen LogP contribution >= 0.6 is 11.6 Å². The minimum atomic E-state index is 0.564. The van der Waals surface area contributed by atoms with Gasteiger partial charge in [0.15, 0.2) is 5.96 Å². The summed E-state index contributed by atoms with van der Waals surface area (Å²) in [7, 11) is 3.51. The molecule has 1 saturated heterocycles. The van der Waals surface area contributed by atoms with Crippen molar-refractivity contribution in [2.45, 2.75) is 13.0 Å². The number of hydrogen-bond donors (Lipinski definition) is 2. The van der Waals surface area contributed by atoms with Gasteiger partial charge in [-0.15, -0.1) is 0 Å². The van der Waals surface area contributed by atoms with E-state index in [0.717, 1.165) is 48.4 Å². The van der Waals surface area contributed by atoms with Crippen LogP contribution in [0.15, 0.2) is 53.5 Å². The van der Waals surface area contributed by atoms with Crippen molar-refractivity contribution >= 4 is 23.2 Å². The van der Waals surface area contributed by atoms with Crippen LogP contribution in [0.4, 0.5) is 5.69 Å². The number of anilines is 1. The number of ether oxygens (including phenoxy) is 1. The van der Waals surface area contributed by atoms with E-state index >= 15 is 0 Å². The monoisotopic (exact) mass is 386 g/mol. The normalized spacial score (nSPS) is 17.1. The molecule has 0 bridgehead atoms. The van der Waals surface area contributed by atoms with Crippen LogP contribution in [-0.2, 0) is 6.54 Å². The molecule has 0 aliphatic carbocycles. The van der Waals surface area contributed by atoms with E-state index in [9.17, 15) is 0 Å².